The van der Waals surface area contributed by atoms with E-state index in [1.165, 1.54) is 0 Å². The molecule has 0 aromatic rings. The highest BCUT2D eigenvalue weighted by molar-refractivity contribution is 7.99. The molecule has 0 radical (unpaired) electrons. The quantitative estimate of drug-likeness (QED) is 0.703. The second kappa shape index (κ2) is 8.49. The minimum Gasteiger partial charge on any atom is -0.373 e. The van der Waals surface area contributed by atoms with E-state index in [1.807, 2.05) is 30.0 Å². The first-order chi connectivity index (χ1) is 9.47. The van der Waals surface area contributed by atoms with Crippen molar-refractivity contribution in [3.05, 3.63) is 0 Å². The number of hydrogen-bond acceptors (Lipinski definition) is 5. The van der Waals surface area contributed by atoms with Crippen LogP contribution in [-0.4, -0.2) is 79.1 Å². The molecule has 2 atom stereocenters. The van der Waals surface area contributed by atoms with Crippen molar-refractivity contribution in [1.29, 1.82) is 0 Å². The lowest BCUT2D eigenvalue weighted by molar-refractivity contribution is -0.139. The number of morpholine rings is 1. The summed E-state index contributed by atoms with van der Waals surface area (Å²) < 4.78 is 5.66. The second-order valence-corrected chi connectivity index (χ2v) is 6.11. The topological polar surface area (TPSA) is 75.9 Å². The molecular formula is C13H25N3O3S. The van der Waals surface area contributed by atoms with Gasteiger partial charge in [0.25, 0.3) is 0 Å². The molecule has 0 aromatic heterocycles. The number of thioether (sulfide) groups is 1. The van der Waals surface area contributed by atoms with Crippen molar-refractivity contribution >= 4 is 23.6 Å². The summed E-state index contributed by atoms with van der Waals surface area (Å²) in [6.45, 7) is 4.60. The molecule has 1 fully saturated rings. The molecule has 0 aliphatic carbocycles. The predicted octanol–water partition coefficient (Wildman–Crippen LogP) is -0.227. The maximum Gasteiger partial charge on any atom is 0.235 e. The van der Waals surface area contributed by atoms with Crippen LogP contribution >= 0.6 is 11.8 Å². The minimum atomic E-state index is -0.357. The fraction of sp³-hybridized carbons (Fsp3) is 0.846. The van der Waals surface area contributed by atoms with E-state index in [4.69, 9.17) is 10.5 Å². The van der Waals surface area contributed by atoms with Gasteiger partial charge in [0.1, 0.15) is 0 Å². The summed E-state index contributed by atoms with van der Waals surface area (Å²) in [6, 6.07) is 0. The summed E-state index contributed by atoms with van der Waals surface area (Å²) in [6.07, 6.45) is 2.74. The van der Waals surface area contributed by atoms with Gasteiger partial charge in [0.2, 0.25) is 11.8 Å². The Bertz CT molecular complexity index is 337. The third-order valence-electron chi connectivity index (χ3n) is 3.32. The van der Waals surface area contributed by atoms with E-state index in [2.05, 4.69) is 0 Å². The number of hydrogen-bond donors (Lipinski definition) is 1. The van der Waals surface area contributed by atoms with Crippen LogP contribution in [0, 0.1) is 0 Å². The molecule has 0 aromatic carbocycles. The van der Waals surface area contributed by atoms with Crippen LogP contribution in [0.4, 0.5) is 0 Å². The lowest BCUT2D eigenvalue weighted by Crippen LogP contribution is -2.51. The number of carbonyl (C=O) groups is 2. The van der Waals surface area contributed by atoms with E-state index >= 15 is 0 Å². The summed E-state index contributed by atoms with van der Waals surface area (Å²) >= 11 is 1.59. The summed E-state index contributed by atoms with van der Waals surface area (Å²) in [5.41, 5.74) is 5.16. The molecule has 20 heavy (non-hydrogen) atoms. The first kappa shape index (κ1) is 17.3. The zero-order valence-electron chi connectivity index (χ0n) is 12.5. The number of nitrogens with two attached hydrogens (primary N) is 1. The minimum absolute atomic E-state index is 0.0251. The smallest absolute Gasteiger partial charge is 0.235 e. The third kappa shape index (κ3) is 5.30. The van der Waals surface area contributed by atoms with Crippen LogP contribution in [0.25, 0.3) is 0 Å². The van der Waals surface area contributed by atoms with Crippen LogP contribution in [0.1, 0.15) is 13.3 Å². The molecule has 0 bridgehead atoms. The van der Waals surface area contributed by atoms with Crippen LogP contribution < -0.4 is 5.73 Å². The van der Waals surface area contributed by atoms with Crippen molar-refractivity contribution in [2.75, 3.05) is 46.1 Å². The molecule has 1 rings (SSSR count). The zero-order valence-corrected chi connectivity index (χ0v) is 13.3. The highest BCUT2D eigenvalue weighted by Crippen LogP contribution is 2.16. The van der Waals surface area contributed by atoms with Gasteiger partial charge in [-0.05, 0) is 19.7 Å². The summed E-state index contributed by atoms with van der Waals surface area (Å²) in [5, 5.41) is 0.0251. The fourth-order valence-electron chi connectivity index (χ4n) is 2.35. The van der Waals surface area contributed by atoms with Gasteiger partial charge in [-0.25, -0.2) is 0 Å². The van der Waals surface area contributed by atoms with E-state index in [-0.39, 0.29) is 29.7 Å². The standard InChI is InChI=1S/C13H25N3O3S/c1-4-11(20-3)13(18)16-5-6-19-10(8-16)7-15(2)9-12(14)17/h10-11H,4-9H2,1-3H3,(H2,14,17). The summed E-state index contributed by atoms with van der Waals surface area (Å²) in [7, 11) is 1.83. The molecule has 2 amide bonds. The largest absolute Gasteiger partial charge is 0.373 e. The highest BCUT2D eigenvalue weighted by Gasteiger charge is 2.28. The van der Waals surface area contributed by atoms with Crippen molar-refractivity contribution in [1.82, 2.24) is 9.80 Å². The average molecular weight is 303 g/mol. The van der Waals surface area contributed by atoms with E-state index < -0.39 is 0 Å². The predicted molar refractivity (Wildman–Crippen MR) is 80.6 cm³/mol. The Hall–Kier alpha value is -0.790. The number of likely N-dealkylation sites (N-methyl/N-ethyl adjacent to an activating group) is 1. The average Bonchev–Trinajstić information content (AvgIpc) is 2.39. The third-order valence-corrected chi connectivity index (χ3v) is 4.43. The number of rotatable bonds is 7. The molecule has 0 saturated carbocycles. The van der Waals surface area contributed by atoms with Gasteiger partial charge < -0.3 is 15.4 Å². The molecule has 7 heteroatoms. The second-order valence-electron chi connectivity index (χ2n) is 5.07. The number of primary amides is 1. The van der Waals surface area contributed by atoms with Gasteiger partial charge in [0.05, 0.1) is 24.5 Å². The maximum absolute atomic E-state index is 12.3. The van der Waals surface area contributed by atoms with Crippen LogP contribution in [-0.2, 0) is 14.3 Å². The van der Waals surface area contributed by atoms with Gasteiger partial charge in [0.15, 0.2) is 0 Å². The molecule has 0 spiro atoms. The highest BCUT2D eigenvalue weighted by atomic mass is 32.2. The number of nitrogens with zero attached hydrogens (tertiary/aromatic N) is 2. The molecule has 2 N–H and O–H groups in total. The van der Waals surface area contributed by atoms with Crippen molar-refractivity contribution in [2.45, 2.75) is 24.7 Å². The van der Waals surface area contributed by atoms with Gasteiger partial charge in [-0.1, -0.05) is 6.92 Å². The Balaban J connectivity index is 2.49. The summed E-state index contributed by atoms with van der Waals surface area (Å²) in [4.78, 5) is 26.9. The molecule has 1 aliphatic rings. The Morgan fingerprint density at radius 3 is 2.80 bits per heavy atom. The Kier molecular flexibility index (Phi) is 7.32. The van der Waals surface area contributed by atoms with Gasteiger partial charge in [-0.3, -0.25) is 14.5 Å². The maximum atomic E-state index is 12.3. The van der Waals surface area contributed by atoms with Crippen molar-refractivity contribution < 1.29 is 14.3 Å². The van der Waals surface area contributed by atoms with Gasteiger partial charge in [-0.15, -0.1) is 0 Å². The first-order valence-electron chi connectivity index (χ1n) is 6.88. The fourth-order valence-corrected chi connectivity index (χ4v) is 3.04. The van der Waals surface area contributed by atoms with Crippen molar-refractivity contribution in [3.8, 4) is 0 Å². The number of ether oxygens (including phenoxy) is 1. The Morgan fingerprint density at radius 2 is 2.25 bits per heavy atom. The van der Waals surface area contributed by atoms with E-state index in [0.717, 1.165) is 6.42 Å². The van der Waals surface area contributed by atoms with Gasteiger partial charge >= 0.3 is 0 Å². The van der Waals surface area contributed by atoms with Crippen LogP contribution in [0.15, 0.2) is 0 Å². The van der Waals surface area contributed by atoms with Crippen molar-refractivity contribution in [3.63, 3.8) is 0 Å². The molecule has 6 nitrogen and oxygen atoms in total. The molecule has 1 heterocycles. The monoisotopic (exact) mass is 303 g/mol. The van der Waals surface area contributed by atoms with E-state index in [1.54, 1.807) is 11.8 Å². The molecule has 1 saturated heterocycles. The Labute approximate surface area is 125 Å². The first-order valence-corrected chi connectivity index (χ1v) is 8.16. The lowest BCUT2D eigenvalue weighted by Gasteiger charge is -2.36. The van der Waals surface area contributed by atoms with Crippen LogP contribution in [0.3, 0.4) is 0 Å². The summed E-state index contributed by atoms with van der Waals surface area (Å²) in [5.74, 6) is -0.171. The molecule has 2 unspecified atom stereocenters. The molecule has 1 aliphatic heterocycles. The van der Waals surface area contributed by atoms with E-state index in [9.17, 15) is 9.59 Å². The molecular weight excluding hydrogens is 278 g/mol. The van der Waals surface area contributed by atoms with E-state index in [0.29, 0.717) is 26.2 Å². The number of amides is 2. The normalized spacial score (nSPS) is 21.0. The van der Waals surface area contributed by atoms with Crippen molar-refractivity contribution in [2.24, 2.45) is 5.73 Å². The Morgan fingerprint density at radius 1 is 1.55 bits per heavy atom. The SMILES string of the molecule is CCC(SC)C(=O)N1CCOC(CN(C)CC(N)=O)C1. The lowest BCUT2D eigenvalue weighted by atomic mass is 10.2. The molecule has 116 valence electrons. The van der Waals surface area contributed by atoms with Crippen LogP contribution in [0.5, 0.6) is 0 Å². The number of carbonyl (C=O) groups excluding carboxylic acids is 2. The van der Waals surface area contributed by atoms with Gasteiger partial charge in [-0.2, -0.15) is 11.8 Å². The van der Waals surface area contributed by atoms with Gasteiger partial charge in [0, 0.05) is 19.6 Å². The van der Waals surface area contributed by atoms with Crippen LogP contribution in [0.2, 0.25) is 0 Å². The zero-order chi connectivity index (χ0) is 15.1.